The Balaban J connectivity index is 1.51. The third-order valence-corrected chi connectivity index (χ3v) is 6.92. The van der Waals surface area contributed by atoms with Crippen molar-refractivity contribution in [3.05, 3.63) is 29.5 Å². The standard InChI is InChI=1S/C23H30ClN7O4/c1-14-4-6-16-10-23(9-14,21(33)26-12-25-19(32)11-35-3)31(16)22(34)28-15-5-7-18(24)17(8-15)20-27-13-30(2)29-20/h5,7-8,13-14,16H,4,6,9-12H2,1-3H3,(H,25,32)(H,26,33)(H,28,34). The molecule has 2 aliphatic rings. The highest BCUT2D eigenvalue weighted by molar-refractivity contribution is 6.33. The van der Waals surface area contributed by atoms with Gasteiger partial charge in [-0.05, 0) is 43.4 Å². The first-order valence-corrected chi connectivity index (χ1v) is 11.9. The number of methoxy groups -OCH3 is 1. The van der Waals surface area contributed by atoms with Crippen LogP contribution in [0.15, 0.2) is 24.5 Å². The number of anilines is 1. The molecule has 2 heterocycles. The fourth-order valence-corrected chi connectivity index (χ4v) is 5.23. The van der Waals surface area contributed by atoms with Gasteiger partial charge in [-0.3, -0.25) is 14.3 Å². The summed E-state index contributed by atoms with van der Waals surface area (Å²) in [6.45, 7) is 1.97. The Morgan fingerprint density at radius 1 is 1.23 bits per heavy atom. The van der Waals surface area contributed by atoms with Crippen molar-refractivity contribution < 1.29 is 19.1 Å². The fourth-order valence-electron chi connectivity index (χ4n) is 5.03. The van der Waals surface area contributed by atoms with Crippen molar-refractivity contribution in [3.8, 4) is 11.4 Å². The van der Waals surface area contributed by atoms with E-state index in [-0.39, 0.29) is 43.1 Å². The lowest BCUT2D eigenvalue weighted by Gasteiger charge is -2.55. The van der Waals surface area contributed by atoms with Crippen molar-refractivity contribution in [2.24, 2.45) is 13.0 Å². The Morgan fingerprint density at radius 3 is 2.74 bits per heavy atom. The highest BCUT2D eigenvalue weighted by Gasteiger charge is 2.60. The molecule has 1 saturated carbocycles. The molecule has 1 aliphatic carbocycles. The molecule has 2 fully saturated rings. The molecule has 1 aromatic carbocycles. The van der Waals surface area contributed by atoms with Gasteiger partial charge in [-0.25, -0.2) is 9.78 Å². The first kappa shape index (κ1) is 24.9. The van der Waals surface area contributed by atoms with Crippen molar-refractivity contribution in [1.29, 1.82) is 0 Å². The summed E-state index contributed by atoms with van der Waals surface area (Å²) in [4.78, 5) is 44.3. The summed E-state index contributed by atoms with van der Waals surface area (Å²) in [7, 11) is 3.18. The number of benzene rings is 1. The van der Waals surface area contributed by atoms with Crippen LogP contribution in [-0.4, -0.2) is 69.5 Å². The fraction of sp³-hybridized carbons (Fsp3) is 0.522. The van der Waals surface area contributed by atoms with Crippen molar-refractivity contribution in [3.63, 3.8) is 0 Å². The van der Waals surface area contributed by atoms with Gasteiger partial charge < -0.3 is 25.6 Å². The molecule has 1 aromatic heterocycles. The topological polar surface area (TPSA) is 130 Å². The largest absolute Gasteiger partial charge is 0.375 e. The zero-order valence-electron chi connectivity index (χ0n) is 20.0. The zero-order chi connectivity index (χ0) is 25.2. The first-order chi connectivity index (χ1) is 16.7. The molecule has 4 amide bonds. The second-order valence-electron chi connectivity index (χ2n) is 9.23. The van der Waals surface area contributed by atoms with Crippen LogP contribution in [0.4, 0.5) is 10.5 Å². The predicted molar refractivity (Wildman–Crippen MR) is 129 cm³/mol. The minimum absolute atomic E-state index is 0.0296. The van der Waals surface area contributed by atoms with Crippen LogP contribution >= 0.6 is 11.6 Å². The maximum atomic E-state index is 13.5. The number of rotatable bonds is 7. The van der Waals surface area contributed by atoms with Gasteiger partial charge in [0.15, 0.2) is 5.82 Å². The van der Waals surface area contributed by atoms with E-state index in [1.54, 1.807) is 41.2 Å². The predicted octanol–water partition coefficient (Wildman–Crippen LogP) is 2.14. The summed E-state index contributed by atoms with van der Waals surface area (Å²) < 4.78 is 6.36. The van der Waals surface area contributed by atoms with Crippen LogP contribution in [0, 0.1) is 5.92 Å². The number of carbonyl (C=O) groups excluding carboxylic acids is 3. The molecule has 0 radical (unpaired) electrons. The molecule has 188 valence electrons. The van der Waals surface area contributed by atoms with Crippen molar-refractivity contribution in [2.45, 2.75) is 44.2 Å². The van der Waals surface area contributed by atoms with Crippen LogP contribution in [0.25, 0.3) is 11.4 Å². The normalized spacial score (nSPS) is 23.1. The second-order valence-corrected chi connectivity index (χ2v) is 9.64. The summed E-state index contributed by atoms with van der Waals surface area (Å²) >= 11 is 6.34. The summed E-state index contributed by atoms with van der Waals surface area (Å²) in [5.74, 6) is 0.127. The molecular weight excluding hydrogens is 474 g/mol. The molecule has 0 spiro atoms. The van der Waals surface area contributed by atoms with E-state index in [0.29, 0.717) is 34.9 Å². The third-order valence-electron chi connectivity index (χ3n) is 6.59. The molecule has 3 atom stereocenters. The number of carbonyl (C=O) groups is 3. The highest BCUT2D eigenvalue weighted by atomic mass is 35.5. The number of nitrogens with one attached hydrogen (secondary N) is 3. The Kier molecular flexibility index (Phi) is 7.27. The molecule has 3 N–H and O–H groups in total. The van der Waals surface area contributed by atoms with E-state index in [9.17, 15) is 14.4 Å². The molecule has 1 saturated heterocycles. The number of likely N-dealkylation sites (tertiary alicyclic amines) is 1. The van der Waals surface area contributed by atoms with Gasteiger partial charge in [-0.2, -0.15) is 5.10 Å². The lowest BCUT2D eigenvalue weighted by Crippen LogP contribution is -2.74. The number of hydrogen-bond acceptors (Lipinski definition) is 6. The molecule has 12 heteroatoms. The summed E-state index contributed by atoms with van der Waals surface area (Å²) in [5.41, 5.74) is 0.161. The number of aromatic nitrogens is 3. The van der Waals surface area contributed by atoms with E-state index in [1.807, 2.05) is 0 Å². The van der Waals surface area contributed by atoms with Crippen molar-refractivity contribution >= 4 is 35.1 Å². The average Bonchev–Trinajstić information content (AvgIpc) is 3.06. The van der Waals surface area contributed by atoms with Gasteiger partial charge in [0.25, 0.3) is 0 Å². The van der Waals surface area contributed by atoms with Gasteiger partial charge in [0.2, 0.25) is 11.8 Å². The van der Waals surface area contributed by atoms with Crippen LogP contribution in [0.5, 0.6) is 0 Å². The maximum absolute atomic E-state index is 13.5. The number of nitrogens with zero attached hydrogens (tertiary/aromatic N) is 4. The lowest BCUT2D eigenvalue weighted by atomic mass is 9.75. The van der Waals surface area contributed by atoms with E-state index in [0.717, 1.165) is 12.8 Å². The van der Waals surface area contributed by atoms with Crippen LogP contribution in [-0.2, 0) is 21.4 Å². The first-order valence-electron chi connectivity index (χ1n) is 11.5. The average molecular weight is 504 g/mol. The number of urea groups is 1. The van der Waals surface area contributed by atoms with Crippen LogP contribution in [0.1, 0.15) is 32.6 Å². The highest BCUT2D eigenvalue weighted by Crippen LogP contribution is 2.48. The summed E-state index contributed by atoms with van der Waals surface area (Å²) in [5, 5.41) is 13.0. The number of halogens is 1. The Labute approximate surface area is 208 Å². The SMILES string of the molecule is COCC(=O)NCNC(=O)C12CC(C)CCC(C1)N2C(=O)Nc1ccc(Cl)c(-c2ncn(C)n2)c1. The molecule has 2 bridgehead atoms. The van der Waals surface area contributed by atoms with Crippen LogP contribution < -0.4 is 16.0 Å². The van der Waals surface area contributed by atoms with Gasteiger partial charge in [0, 0.05) is 37.9 Å². The quantitative estimate of drug-likeness (QED) is 0.496. The Bertz CT molecular complexity index is 1120. The molecule has 2 aromatic rings. The number of amides is 4. The smallest absolute Gasteiger partial charge is 0.323 e. The van der Waals surface area contributed by atoms with Crippen LogP contribution in [0.3, 0.4) is 0 Å². The lowest BCUT2D eigenvalue weighted by molar-refractivity contribution is -0.144. The van der Waals surface area contributed by atoms with Crippen molar-refractivity contribution in [2.75, 3.05) is 25.7 Å². The summed E-state index contributed by atoms with van der Waals surface area (Å²) in [6.07, 6.45) is 4.48. The maximum Gasteiger partial charge on any atom is 0.323 e. The number of ether oxygens (including phenoxy) is 1. The van der Waals surface area contributed by atoms with E-state index in [1.165, 1.54) is 7.11 Å². The Hall–Kier alpha value is -3.18. The van der Waals surface area contributed by atoms with Crippen molar-refractivity contribution in [1.82, 2.24) is 30.3 Å². The Morgan fingerprint density at radius 2 is 2.03 bits per heavy atom. The van der Waals surface area contributed by atoms with Crippen LogP contribution in [0.2, 0.25) is 5.02 Å². The molecule has 3 unspecified atom stereocenters. The monoisotopic (exact) mass is 503 g/mol. The van der Waals surface area contributed by atoms with E-state index in [4.69, 9.17) is 16.3 Å². The minimum Gasteiger partial charge on any atom is -0.375 e. The van der Waals surface area contributed by atoms with Gasteiger partial charge >= 0.3 is 6.03 Å². The number of hydrogen-bond donors (Lipinski definition) is 3. The van der Waals surface area contributed by atoms with Gasteiger partial charge in [-0.15, -0.1) is 0 Å². The molecule has 35 heavy (non-hydrogen) atoms. The van der Waals surface area contributed by atoms with E-state index in [2.05, 4.69) is 33.0 Å². The number of fused-ring (bicyclic) bond motifs is 2. The van der Waals surface area contributed by atoms with Gasteiger partial charge in [-0.1, -0.05) is 18.5 Å². The molecule has 11 nitrogen and oxygen atoms in total. The van der Waals surface area contributed by atoms with Gasteiger partial charge in [0.1, 0.15) is 18.5 Å². The zero-order valence-corrected chi connectivity index (χ0v) is 20.8. The summed E-state index contributed by atoms with van der Waals surface area (Å²) in [6, 6.07) is 4.73. The van der Waals surface area contributed by atoms with Gasteiger partial charge in [0.05, 0.1) is 11.7 Å². The minimum atomic E-state index is -0.964. The molecule has 4 rings (SSSR count). The molecule has 1 aliphatic heterocycles. The van der Waals surface area contributed by atoms with E-state index < -0.39 is 5.54 Å². The third kappa shape index (κ3) is 5.10. The van der Waals surface area contributed by atoms with E-state index >= 15 is 0 Å². The number of aryl methyl sites for hydroxylation is 1. The second kappa shape index (κ2) is 10.2. The molecular formula is C23H30ClN7O4.